The summed E-state index contributed by atoms with van der Waals surface area (Å²) < 4.78 is 0. The Bertz CT molecular complexity index is 596. The SMILES string of the molecule is CN1CCC(NC(=O)Nc2cccc(N3CCCCCC3)c2)C1=O. The molecule has 3 amide bonds. The second-order valence-corrected chi connectivity index (χ2v) is 6.65. The highest BCUT2D eigenvalue weighted by Gasteiger charge is 2.30. The van der Waals surface area contributed by atoms with Crippen molar-refractivity contribution >= 4 is 23.3 Å². The molecule has 6 nitrogen and oxygen atoms in total. The molecule has 0 spiro atoms. The Morgan fingerprint density at radius 3 is 2.54 bits per heavy atom. The van der Waals surface area contributed by atoms with Crippen LogP contribution in [0.5, 0.6) is 0 Å². The summed E-state index contributed by atoms with van der Waals surface area (Å²) >= 11 is 0. The van der Waals surface area contributed by atoms with Gasteiger partial charge in [-0.2, -0.15) is 0 Å². The molecular weight excluding hydrogens is 304 g/mol. The summed E-state index contributed by atoms with van der Waals surface area (Å²) in [4.78, 5) is 28.0. The second kappa shape index (κ2) is 7.55. The van der Waals surface area contributed by atoms with Gasteiger partial charge in [-0.25, -0.2) is 4.79 Å². The Balaban J connectivity index is 1.59. The lowest BCUT2D eigenvalue weighted by Gasteiger charge is -2.23. The molecule has 0 bridgehead atoms. The fraction of sp³-hybridized carbons (Fsp3) is 0.556. The molecule has 2 heterocycles. The van der Waals surface area contributed by atoms with Crippen molar-refractivity contribution < 1.29 is 9.59 Å². The minimum atomic E-state index is -0.413. The van der Waals surface area contributed by atoms with Gasteiger partial charge in [-0.3, -0.25) is 4.79 Å². The number of carbonyl (C=O) groups is 2. The lowest BCUT2D eigenvalue weighted by molar-refractivity contribution is -0.128. The number of carbonyl (C=O) groups excluding carboxylic acids is 2. The van der Waals surface area contributed by atoms with E-state index in [1.165, 1.54) is 25.7 Å². The molecule has 2 N–H and O–H groups in total. The molecule has 1 unspecified atom stereocenters. The summed E-state index contributed by atoms with van der Waals surface area (Å²) in [7, 11) is 1.76. The van der Waals surface area contributed by atoms with Crippen LogP contribution in [0.3, 0.4) is 0 Å². The van der Waals surface area contributed by atoms with Crippen LogP contribution in [0.15, 0.2) is 24.3 Å². The summed E-state index contributed by atoms with van der Waals surface area (Å²) in [5.74, 6) is -0.0246. The van der Waals surface area contributed by atoms with Crippen LogP contribution in [-0.2, 0) is 4.79 Å². The average molecular weight is 330 g/mol. The zero-order valence-electron chi connectivity index (χ0n) is 14.3. The van der Waals surface area contributed by atoms with Crippen LogP contribution in [0, 0.1) is 0 Å². The van der Waals surface area contributed by atoms with Crippen LogP contribution in [-0.4, -0.2) is 49.6 Å². The lowest BCUT2D eigenvalue weighted by Crippen LogP contribution is -2.42. The van der Waals surface area contributed by atoms with Crippen LogP contribution >= 0.6 is 0 Å². The molecule has 1 aromatic carbocycles. The zero-order chi connectivity index (χ0) is 16.9. The third-order valence-electron chi connectivity index (χ3n) is 4.81. The standard InChI is InChI=1S/C18H26N4O2/c1-21-12-9-16(17(21)23)20-18(24)19-14-7-6-8-15(13-14)22-10-4-2-3-5-11-22/h6-8,13,16H,2-5,9-12H2,1H3,(H2,19,20,24). The smallest absolute Gasteiger partial charge is 0.319 e. The Morgan fingerprint density at radius 2 is 1.88 bits per heavy atom. The van der Waals surface area contributed by atoms with Crippen LogP contribution in [0.1, 0.15) is 32.1 Å². The van der Waals surface area contributed by atoms with E-state index in [0.29, 0.717) is 13.0 Å². The van der Waals surface area contributed by atoms with E-state index in [1.807, 2.05) is 18.2 Å². The topological polar surface area (TPSA) is 64.7 Å². The molecule has 0 aromatic heterocycles. The van der Waals surface area contributed by atoms with E-state index in [2.05, 4.69) is 21.6 Å². The Hall–Kier alpha value is -2.24. The van der Waals surface area contributed by atoms with E-state index in [-0.39, 0.29) is 11.9 Å². The summed E-state index contributed by atoms with van der Waals surface area (Å²) in [6.07, 6.45) is 5.68. The van der Waals surface area contributed by atoms with Crippen molar-refractivity contribution in [2.45, 2.75) is 38.1 Å². The van der Waals surface area contributed by atoms with Crippen molar-refractivity contribution in [1.82, 2.24) is 10.2 Å². The first-order valence-corrected chi connectivity index (χ1v) is 8.81. The van der Waals surface area contributed by atoms with Crippen molar-refractivity contribution in [3.05, 3.63) is 24.3 Å². The summed E-state index contributed by atoms with van der Waals surface area (Å²) in [6.45, 7) is 2.82. The minimum Gasteiger partial charge on any atom is -0.371 e. The van der Waals surface area contributed by atoms with Gasteiger partial charge in [0.05, 0.1) is 0 Å². The predicted octanol–water partition coefficient (Wildman–Crippen LogP) is 2.42. The number of hydrogen-bond acceptors (Lipinski definition) is 3. The van der Waals surface area contributed by atoms with Gasteiger partial charge in [-0.15, -0.1) is 0 Å². The van der Waals surface area contributed by atoms with Crippen molar-refractivity contribution in [3.63, 3.8) is 0 Å². The van der Waals surface area contributed by atoms with Crippen molar-refractivity contribution in [3.8, 4) is 0 Å². The van der Waals surface area contributed by atoms with Crippen LogP contribution in [0.4, 0.5) is 16.2 Å². The number of urea groups is 1. The van der Waals surface area contributed by atoms with Crippen molar-refractivity contribution in [2.24, 2.45) is 0 Å². The molecule has 2 aliphatic rings. The molecule has 130 valence electrons. The Labute approximate surface area is 143 Å². The molecule has 0 saturated carbocycles. The number of likely N-dealkylation sites (tertiary alicyclic amines) is 1. The highest BCUT2D eigenvalue weighted by atomic mass is 16.2. The van der Waals surface area contributed by atoms with Crippen LogP contribution in [0.25, 0.3) is 0 Å². The molecule has 0 radical (unpaired) electrons. The van der Waals surface area contributed by atoms with Crippen LogP contribution in [0.2, 0.25) is 0 Å². The summed E-state index contributed by atoms with van der Waals surface area (Å²) in [6, 6.07) is 7.20. The summed E-state index contributed by atoms with van der Waals surface area (Å²) in [5.41, 5.74) is 1.90. The number of rotatable bonds is 3. The van der Waals surface area contributed by atoms with Gasteiger partial charge < -0.3 is 20.4 Å². The predicted molar refractivity (Wildman–Crippen MR) is 95.3 cm³/mol. The van der Waals surface area contributed by atoms with Gasteiger partial charge in [0.2, 0.25) is 5.91 Å². The van der Waals surface area contributed by atoms with Gasteiger partial charge in [0.25, 0.3) is 0 Å². The number of hydrogen-bond donors (Lipinski definition) is 2. The molecule has 3 rings (SSSR count). The molecule has 2 saturated heterocycles. The zero-order valence-corrected chi connectivity index (χ0v) is 14.3. The maximum Gasteiger partial charge on any atom is 0.319 e. The molecule has 1 atom stereocenters. The van der Waals surface area contributed by atoms with E-state index in [9.17, 15) is 9.59 Å². The Morgan fingerprint density at radius 1 is 1.12 bits per heavy atom. The molecule has 2 fully saturated rings. The van der Waals surface area contributed by atoms with E-state index in [0.717, 1.165) is 24.5 Å². The molecule has 24 heavy (non-hydrogen) atoms. The first kappa shape index (κ1) is 16.6. The number of benzene rings is 1. The maximum absolute atomic E-state index is 12.2. The fourth-order valence-electron chi connectivity index (χ4n) is 3.39. The lowest BCUT2D eigenvalue weighted by atomic mass is 10.2. The third-order valence-corrected chi connectivity index (χ3v) is 4.81. The first-order valence-electron chi connectivity index (χ1n) is 8.81. The van der Waals surface area contributed by atoms with Gasteiger partial charge in [0.1, 0.15) is 6.04 Å². The third kappa shape index (κ3) is 3.99. The monoisotopic (exact) mass is 330 g/mol. The Kier molecular flexibility index (Phi) is 5.23. The number of amides is 3. The molecule has 2 aliphatic heterocycles. The quantitative estimate of drug-likeness (QED) is 0.894. The number of nitrogens with zero attached hydrogens (tertiary/aromatic N) is 2. The van der Waals surface area contributed by atoms with Gasteiger partial charge >= 0.3 is 6.03 Å². The van der Waals surface area contributed by atoms with Gasteiger partial charge in [0, 0.05) is 38.1 Å². The number of nitrogens with one attached hydrogen (secondary N) is 2. The van der Waals surface area contributed by atoms with Gasteiger partial charge in [0.15, 0.2) is 0 Å². The molecule has 6 heteroatoms. The van der Waals surface area contributed by atoms with Crippen molar-refractivity contribution in [2.75, 3.05) is 36.9 Å². The number of likely N-dealkylation sites (N-methyl/N-ethyl adjacent to an activating group) is 1. The number of anilines is 2. The van der Waals surface area contributed by atoms with E-state index in [4.69, 9.17) is 0 Å². The highest BCUT2D eigenvalue weighted by Crippen LogP contribution is 2.22. The maximum atomic E-state index is 12.2. The van der Waals surface area contributed by atoms with Gasteiger partial charge in [-0.1, -0.05) is 18.9 Å². The molecular formula is C18H26N4O2. The first-order chi connectivity index (χ1) is 11.6. The van der Waals surface area contributed by atoms with E-state index < -0.39 is 6.04 Å². The van der Waals surface area contributed by atoms with E-state index in [1.54, 1.807) is 11.9 Å². The highest BCUT2D eigenvalue weighted by molar-refractivity contribution is 5.94. The normalized spacial score (nSPS) is 21.5. The van der Waals surface area contributed by atoms with Gasteiger partial charge in [-0.05, 0) is 37.5 Å². The largest absolute Gasteiger partial charge is 0.371 e. The fourth-order valence-corrected chi connectivity index (χ4v) is 3.39. The van der Waals surface area contributed by atoms with Crippen molar-refractivity contribution in [1.29, 1.82) is 0 Å². The minimum absolute atomic E-state index is 0.0246. The molecule has 0 aliphatic carbocycles. The summed E-state index contributed by atoms with van der Waals surface area (Å²) in [5, 5.41) is 5.61. The van der Waals surface area contributed by atoms with E-state index >= 15 is 0 Å². The average Bonchev–Trinajstić information content (AvgIpc) is 2.80. The second-order valence-electron chi connectivity index (χ2n) is 6.65. The molecule has 1 aromatic rings. The van der Waals surface area contributed by atoms with Crippen LogP contribution < -0.4 is 15.5 Å².